The molecule has 0 unspecified atom stereocenters. The van der Waals surface area contributed by atoms with E-state index in [1.54, 1.807) is 0 Å². The number of nitrogens with one attached hydrogen (secondary N) is 2. The molecular formula is C14H23N5O2. The van der Waals surface area contributed by atoms with Crippen molar-refractivity contribution in [1.29, 1.82) is 0 Å². The highest BCUT2D eigenvalue weighted by molar-refractivity contribution is 5.69. The number of aromatic nitrogens is 2. The molecule has 0 amide bonds. The SMILES string of the molecule is CCCNc1ncnc(NC2(C)CCCCC2)c1[N+](=O)[O-]. The number of nitrogens with zero attached hydrogens (tertiary/aromatic N) is 3. The third-order valence-corrected chi connectivity index (χ3v) is 3.92. The van der Waals surface area contributed by atoms with E-state index in [-0.39, 0.29) is 11.2 Å². The fourth-order valence-electron chi connectivity index (χ4n) is 2.76. The van der Waals surface area contributed by atoms with Gasteiger partial charge in [0.2, 0.25) is 11.6 Å². The minimum Gasteiger partial charge on any atom is -0.364 e. The van der Waals surface area contributed by atoms with Crippen LogP contribution >= 0.6 is 0 Å². The lowest BCUT2D eigenvalue weighted by Crippen LogP contribution is -2.37. The molecule has 0 saturated heterocycles. The van der Waals surface area contributed by atoms with Crippen molar-refractivity contribution in [2.45, 2.75) is 57.9 Å². The zero-order valence-electron chi connectivity index (χ0n) is 12.7. The maximum Gasteiger partial charge on any atom is 0.353 e. The van der Waals surface area contributed by atoms with Gasteiger partial charge in [0.1, 0.15) is 6.33 Å². The van der Waals surface area contributed by atoms with Crippen molar-refractivity contribution < 1.29 is 4.92 Å². The number of anilines is 2. The molecule has 1 aromatic rings. The van der Waals surface area contributed by atoms with Gasteiger partial charge in [-0.2, -0.15) is 0 Å². The third kappa shape index (κ3) is 3.80. The molecule has 1 aliphatic carbocycles. The molecule has 1 saturated carbocycles. The molecule has 1 aliphatic rings. The van der Waals surface area contributed by atoms with Gasteiger partial charge in [0, 0.05) is 12.1 Å². The highest BCUT2D eigenvalue weighted by Crippen LogP contribution is 2.35. The minimum atomic E-state index is -0.410. The van der Waals surface area contributed by atoms with Crippen molar-refractivity contribution in [3.05, 3.63) is 16.4 Å². The molecule has 2 rings (SSSR count). The van der Waals surface area contributed by atoms with Gasteiger partial charge in [-0.05, 0) is 26.2 Å². The molecule has 1 fully saturated rings. The molecular weight excluding hydrogens is 270 g/mol. The van der Waals surface area contributed by atoms with Crippen molar-refractivity contribution in [2.75, 3.05) is 17.2 Å². The topological polar surface area (TPSA) is 93.0 Å². The Morgan fingerprint density at radius 1 is 1.29 bits per heavy atom. The van der Waals surface area contributed by atoms with Crippen molar-refractivity contribution in [1.82, 2.24) is 9.97 Å². The summed E-state index contributed by atoms with van der Waals surface area (Å²) in [6.45, 7) is 4.76. The monoisotopic (exact) mass is 293 g/mol. The summed E-state index contributed by atoms with van der Waals surface area (Å²) < 4.78 is 0. The van der Waals surface area contributed by atoms with Gasteiger partial charge < -0.3 is 10.6 Å². The molecule has 0 atom stereocenters. The maximum atomic E-state index is 11.4. The normalized spacial score (nSPS) is 17.2. The predicted octanol–water partition coefficient (Wildman–Crippen LogP) is 3.34. The van der Waals surface area contributed by atoms with Gasteiger partial charge in [-0.3, -0.25) is 10.1 Å². The van der Waals surface area contributed by atoms with E-state index in [9.17, 15) is 10.1 Å². The predicted molar refractivity (Wildman–Crippen MR) is 82.6 cm³/mol. The fraction of sp³-hybridized carbons (Fsp3) is 0.714. The Balaban J connectivity index is 2.27. The highest BCUT2D eigenvalue weighted by atomic mass is 16.6. The maximum absolute atomic E-state index is 11.4. The van der Waals surface area contributed by atoms with Gasteiger partial charge in [0.25, 0.3) is 0 Å². The molecule has 21 heavy (non-hydrogen) atoms. The van der Waals surface area contributed by atoms with Crippen molar-refractivity contribution in [2.24, 2.45) is 0 Å². The van der Waals surface area contributed by atoms with Crippen LogP contribution in [-0.4, -0.2) is 27.0 Å². The van der Waals surface area contributed by atoms with E-state index in [1.807, 2.05) is 6.92 Å². The van der Waals surface area contributed by atoms with Crippen LogP contribution in [0.25, 0.3) is 0 Å². The van der Waals surface area contributed by atoms with Gasteiger partial charge >= 0.3 is 5.69 Å². The summed E-state index contributed by atoms with van der Waals surface area (Å²) in [6.07, 6.45) is 7.78. The lowest BCUT2D eigenvalue weighted by Gasteiger charge is -2.34. The smallest absolute Gasteiger partial charge is 0.353 e. The Morgan fingerprint density at radius 2 is 1.95 bits per heavy atom. The standard InChI is InChI=1S/C14H23N5O2/c1-3-9-15-12-11(19(20)21)13(17-10-16-12)18-14(2)7-5-4-6-8-14/h10H,3-9H2,1-2H3,(H2,15,16,17,18). The zero-order chi connectivity index (χ0) is 15.3. The summed E-state index contributed by atoms with van der Waals surface area (Å²) in [5.41, 5.74) is -0.183. The van der Waals surface area contributed by atoms with Crippen LogP contribution in [0.1, 0.15) is 52.4 Å². The Morgan fingerprint density at radius 3 is 2.57 bits per heavy atom. The fourth-order valence-corrected chi connectivity index (χ4v) is 2.76. The van der Waals surface area contributed by atoms with Crippen LogP contribution in [0.3, 0.4) is 0 Å². The molecule has 116 valence electrons. The van der Waals surface area contributed by atoms with Gasteiger partial charge in [-0.1, -0.05) is 26.2 Å². The third-order valence-electron chi connectivity index (χ3n) is 3.92. The van der Waals surface area contributed by atoms with Crippen LogP contribution in [0.15, 0.2) is 6.33 Å². The summed E-state index contributed by atoms with van der Waals surface area (Å²) in [7, 11) is 0. The quantitative estimate of drug-likeness (QED) is 0.617. The number of rotatable bonds is 6. The Bertz CT molecular complexity index is 500. The second-order valence-corrected chi connectivity index (χ2v) is 5.85. The van der Waals surface area contributed by atoms with E-state index in [4.69, 9.17) is 0 Å². The van der Waals surface area contributed by atoms with Crippen LogP contribution in [0.2, 0.25) is 0 Å². The molecule has 0 spiro atoms. The molecule has 7 nitrogen and oxygen atoms in total. The van der Waals surface area contributed by atoms with E-state index in [2.05, 4.69) is 27.5 Å². The Labute approximate surface area is 124 Å². The first-order valence-electron chi connectivity index (χ1n) is 7.57. The molecule has 0 aliphatic heterocycles. The summed E-state index contributed by atoms with van der Waals surface area (Å²) >= 11 is 0. The molecule has 1 aromatic heterocycles. The summed E-state index contributed by atoms with van der Waals surface area (Å²) in [5, 5.41) is 17.7. The van der Waals surface area contributed by atoms with Crippen molar-refractivity contribution in [3.63, 3.8) is 0 Å². The highest BCUT2D eigenvalue weighted by Gasteiger charge is 2.31. The molecule has 0 radical (unpaired) electrons. The number of hydrogen-bond donors (Lipinski definition) is 2. The van der Waals surface area contributed by atoms with Crippen molar-refractivity contribution >= 4 is 17.3 Å². The molecule has 1 heterocycles. The van der Waals surface area contributed by atoms with Crippen molar-refractivity contribution in [3.8, 4) is 0 Å². The largest absolute Gasteiger partial charge is 0.364 e. The zero-order valence-corrected chi connectivity index (χ0v) is 12.7. The second kappa shape index (κ2) is 6.69. The number of hydrogen-bond acceptors (Lipinski definition) is 6. The minimum absolute atomic E-state index is 0.0576. The van der Waals surface area contributed by atoms with Gasteiger partial charge in [-0.25, -0.2) is 9.97 Å². The van der Waals surface area contributed by atoms with Crippen LogP contribution in [0, 0.1) is 10.1 Å². The van der Waals surface area contributed by atoms with E-state index in [1.165, 1.54) is 12.7 Å². The Hall–Kier alpha value is -1.92. The summed E-state index contributed by atoms with van der Waals surface area (Å²) in [5.74, 6) is 0.608. The average Bonchev–Trinajstić information content (AvgIpc) is 2.45. The number of nitro groups is 1. The molecule has 2 N–H and O–H groups in total. The second-order valence-electron chi connectivity index (χ2n) is 5.85. The first kappa shape index (κ1) is 15.5. The molecule has 0 bridgehead atoms. The van der Waals surface area contributed by atoms with Crippen LogP contribution in [0.5, 0.6) is 0 Å². The van der Waals surface area contributed by atoms with Gasteiger partial charge in [-0.15, -0.1) is 0 Å². The Kier molecular flexibility index (Phi) is 4.93. The summed E-state index contributed by atoms with van der Waals surface area (Å²) in [4.78, 5) is 19.1. The summed E-state index contributed by atoms with van der Waals surface area (Å²) in [6, 6.07) is 0. The van der Waals surface area contributed by atoms with Crippen LogP contribution in [0.4, 0.5) is 17.3 Å². The first-order chi connectivity index (χ1) is 10.1. The first-order valence-corrected chi connectivity index (χ1v) is 7.57. The van der Waals surface area contributed by atoms with Gasteiger partial charge in [0.15, 0.2) is 0 Å². The lowest BCUT2D eigenvalue weighted by atomic mass is 9.83. The molecule has 0 aromatic carbocycles. The molecule has 7 heteroatoms. The average molecular weight is 293 g/mol. The lowest BCUT2D eigenvalue weighted by molar-refractivity contribution is -0.383. The van der Waals surface area contributed by atoms with E-state index in [0.29, 0.717) is 18.2 Å². The van der Waals surface area contributed by atoms with E-state index in [0.717, 1.165) is 32.1 Å². The van der Waals surface area contributed by atoms with Gasteiger partial charge in [0.05, 0.1) is 4.92 Å². The van der Waals surface area contributed by atoms with Crippen LogP contribution in [-0.2, 0) is 0 Å². The van der Waals surface area contributed by atoms with E-state index < -0.39 is 4.92 Å². The van der Waals surface area contributed by atoms with E-state index >= 15 is 0 Å². The van der Waals surface area contributed by atoms with Crippen LogP contribution < -0.4 is 10.6 Å².